The van der Waals surface area contributed by atoms with E-state index in [2.05, 4.69) is 13.8 Å². The average Bonchev–Trinajstić information content (AvgIpc) is 2.93. The number of nitrogens with zero attached hydrogens (tertiary/aromatic N) is 1. The number of carbonyl (C=O) groups is 1. The van der Waals surface area contributed by atoms with Crippen LogP contribution in [0.4, 0.5) is 0 Å². The van der Waals surface area contributed by atoms with Crippen LogP contribution in [0.5, 0.6) is 0 Å². The maximum atomic E-state index is 12.6. The summed E-state index contributed by atoms with van der Waals surface area (Å²) in [6.07, 6.45) is 2.81. The predicted molar refractivity (Wildman–Crippen MR) is 79.8 cm³/mol. The van der Waals surface area contributed by atoms with Gasteiger partial charge in [0, 0.05) is 13.1 Å². The van der Waals surface area contributed by atoms with Crippen molar-refractivity contribution in [2.75, 3.05) is 13.1 Å². The highest BCUT2D eigenvalue weighted by molar-refractivity contribution is 7.89. The zero-order chi connectivity index (χ0) is 15.7. The Morgan fingerprint density at radius 1 is 1.24 bits per heavy atom. The number of carboxylic acids is 1. The summed E-state index contributed by atoms with van der Waals surface area (Å²) in [6, 6.07) is 5.41. The summed E-state index contributed by atoms with van der Waals surface area (Å²) in [5, 5.41) is 8.86. The van der Waals surface area contributed by atoms with Crippen molar-refractivity contribution < 1.29 is 18.3 Å². The van der Waals surface area contributed by atoms with Gasteiger partial charge in [-0.3, -0.25) is 0 Å². The maximum Gasteiger partial charge on any atom is 0.335 e. The number of hydrogen-bond acceptors (Lipinski definition) is 3. The van der Waals surface area contributed by atoms with Gasteiger partial charge in [-0.2, -0.15) is 4.31 Å². The first-order chi connectivity index (χ1) is 9.84. The van der Waals surface area contributed by atoms with E-state index in [-0.39, 0.29) is 15.9 Å². The molecule has 0 atom stereocenters. The molecular weight excluding hydrogens is 290 g/mol. The molecule has 0 spiro atoms. The number of aromatic carboxylic acids is 1. The van der Waals surface area contributed by atoms with Crippen LogP contribution in [0.3, 0.4) is 0 Å². The molecule has 0 aliphatic carbocycles. The third kappa shape index (κ3) is 2.96. The van der Waals surface area contributed by atoms with Gasteiger partial charge in [-0.1, -0.05) is 13.8 Å². The average molecular weight is 311 g/mol. The fourth-order valence-electron chi connectivity index (χ4n) is 2.84. The Labute approximate surface area is 125 Å². The molecule has 21 heavy (non-hydrogen) atoms. The summed E-state index contributed by atoms with van der Waals surface area (Å²) in [5.74, 6) is -1.06. The Morgan fingerprint density at radius 3 is 2.24 bits per heavy atom. The summed E-state index contributed by atoms with van der Waals surface area (Å²) in [6.45, 7) is 5.27. The molecule has 0 radical (unpaired) electrons. The lowest BCUT2D eigenvalue weighted by molar-refractivity contribution is 0.0696. The highest BCUT2D eigenvalue weighted by atomic mass is 32.2. The van der Waals surface area contributed by atoms with Crippen molar-refractivity contribution in [3.8, 4) is 0 Å². The number of sulfonamides is 1. The van der Waals surface area contributed by atoms with E-state index in [4.69, 9.17) is 5.11 Å². The summed E-state index contributed by atoms with van der Waals surface area (Å²) in [5.41, 5.74) is 0.167. The maximum absolute atomic E-state index is 12.6. The van der Waals surface area contributed by atoms with Gasteiger partial charge in [-0.05, 0) is 48.9 Å². The van der Waals surface area contributed by atoms with Crippen molar-refractivity contribution in [2.45, 2.75) is 38.0 Å². The van der Waals surface area contributed by atoms with Crippen molar-refractivity contribution >= 4 is 16.0 Å². The van der Waals surface area contributed by atoms with E-state index in [9.17, 15) is 13.2 Å². The molecule has 1 saturated heterocycles. The second kappa shape index (κ2) is 5.77. The molecule has 1 heterocycles. The lowest BCUT2D eigenvalue weighted by atomic mass is 9.82. The molecule has 116 valence electrons. The molecule has 0 saturated carbocycles. The number of carboxylic acid groups (broad SMARTS) is 1. The van der Waals surface area contributed by atoms with E-state index < -0.39 is 16.0 Å². The van der Waals surface area contributed by atoms with Crippen LogP contribution >= 0.6 is 0 Å². The molecule has 0 amide bonds. The van der Waals surface area contributed by atoms with Gasteiger partial charge in [0.15, 0.2) is 0 Å². The van der Waals surface area contributed by atoms with Crippen molar-refractivity contribution in [1.82, 2.24) is 4.31 Å². The van der Waals surface area contributed by atoms with Crippen molar-refractivity contribution in [2.24, 2.45) is 5.41 Å². The standard InChI is InChI=1S/C15H21NO4S/c1-3-15(4-2)9-10-16(11-15)21(19,20)13-7-5-12(6-8-13)14(17)18/h5-8H,3-4,9-11H2,1-2H3,(H,17,18). The third-order valence-electron chi connectivity index (χ3n) is 4.64. The fraction of sp³-hybridized carbons (Fsp3) is 0.533. The quantitative estimate of drug-likeness (QED) is 0.907. The zero-order valence-corrected chi connectivity index (χ0v) is 13.2. The molecule has 0 unspecified atom stereocenters. The van der Waals surface area contributed by atoms with Gasteiger partial charge in [0.2, 0.25) is 10.0 Å². The van der Waals surface area contributed by atoms with Gasteiger partial charge in [-0.15, -0.1) is 0 Å². The van der Waals surface area contributed by atoms with Crippen LogP contribution in [-0.4, -0.2) is 36.9 Å². The lowest BCUT2D eigenvalue weighted by Gasteiger charge is -2.26. The van der Waals surface area contributed by atoms with Crippen LogP contribution in [0.1, 0.15) is 43.5 Å². The highest BCUT2D eigenvalue weighted by Crippen LogP contribution is 2.39. The number of hydrogen-bond donors (Lipinski definition) is 1. The minimum absolute atomic E-state index is 0.0775. The van der Waals surface area contributed by atoms with E-state index in [1.165, 1.54) is 28.6 Å². The second-order valence-corrected chi connectivity index (χ2v) is 7.56. The van der Waals surface area contributed by atoms with Crippen LogP contribution in [0, 0.1) is 5.41 Å². The Morgan fingerprint density at radius 2 is 1.81 bits per heavy atom. The first kappa shape index (κ1) is 16.0. The SMILES string of the molecule is CCC1(CC)CCN(S(=O)(=O)c2ccc(C(=O)O)cc2)C1. The van der Waals surface area contributed by atoms with Gasteiger partial charge in [0.1, 0.15) is 0 Å². The van der Waals surface area contributed by atoms with Crippen LogP contribution in [0.2, 0.25) is 0 Å². The first-order valence-corrected chi connectivity index (χ1v) is 8.62. The smallest absolute Gasteiger partial charge is 0.335 e. The number of benzene rings is 1. The van der Waals surface area contributed by atoms with Gasteiger partial charge >= 0.3 is 5.97 Å². The lowest BCUT2D eigenvalue weighted by Crippen LogP contribution is -2.31. The van der Waals surface area contributed by atoms with E-state index in [1.807, 2.05) is 0 Å². The molecule has 1 aromatic carbocycles. The summed E-state index contributed by atoms with van der Waals surface area (Å²) >= 11 is 0. The van der Waals surface area contributed by atoms with Crippen LogP contribution in [0.15, 0.2) is 29.2 Å². The zero-order valence-electron chi connectivity index (χ0n) is 12.4. The molecule has 1 aliphatic rings. The van der Waals surface area contributed by atoms with Gasteiger partial charge in [-0.25, -0.2) is 13.2 Å². The topological polar surface area (TPSA) is 74.7 Å². The molecule has 1 aliphatic heterocycles. The summed E-state index contributed by atoms with van der Waals surface area (Å²) < 4.78 is 26.8. The second-order valence-electron chi connectivity index (χ2n) is 5.63. The normalized spacial score (nSPS) is 18.8. The predicted octanol–water partition coefficient (Wildman–Crippen LogP) is 2.59. The van der Waals surface area contributed by atoms with E-state index >= 15 is 0 Å². The van der Waals surface area contributed by atoms with E-state index in [0.717, 1.165) is 19.3 Å². The third-order valence-corrected chi connectivity index (χ3v) is 6.50. The Kier molecular flexibility index (Phi) is 4.39. The first-order valence-electron chi connectivity index (χ1n) is 7.18. The van der Waals surface area contributed by atoms with Crippen LogP contribution < -0.4 is 0 Å². The molecule has 1 N–H and O–H groups in total. The molecule has 0 bridgehead atoms. The fourth-order valence-corrected chi connectivity index (χ4v) is 4.40. The van der Waals surface area contributed by atoms with Crippen molar-refractivity contribution in [3.05, 3.63) is 29.8 Å². The largest absolute Gasteiger partial charge is 0.478 e. The van der Waals surface area contributed by atoms with Crippen LogP contribution in [0.25, 0.3) is 0 Å². The van der Waals surface area contributed by atoms with Gasteiger partial charge in [0.25, 0.3) is 0 Å². The Hall–Kier alpha value is -1.40. The molecule has 1 fully saturated rings. The Balaban J connectivity index is 2.25. The molecule has 6 heteroatoms. The molecule has 5 nitrogen and oxygen atoms in total. The minimum atomic E-state index is -3.53. The summed E-state index contributed by atoms with van der Waals surface area (Å²) in [4.78, 5) is 11.0. The van der Waals surface area contributed by atoms with Gasteiger partial charge < -0.3 is 5.11 Å². The summed E-state index contributed by atoms with van der Waals surface area (Å²) in [7, 11) is -3.53. The number of rotatable bonds is 5. The van der Waals surface area contributed by atoms with Crippen molar-refractivity contribution in [1.29, 1.82) is 0 Å². The highest BCUT2D eigenvalue weighted by Gasteiger charge is 2.40. The molecule has 2 rings (SSSR count). The van der Waals surface area contributed by atoms with E-state index in [0.29, 0.717) is 13.1 Å². The van der Waals surface area contributed by atoms with Crippen LogP contribution in [-0.2, 0) is 10.0 Å². The van der Waals surface area contributed by atoms with E-state index in [1.54, 1.807) is 0 Å². The monoisotopic (exact) mass is 311 g/mol. The molecule has 1 aromatic rings. The Bertz CT molecular complexity index is 618. The molecule has 0 aromatic heterocycles. The van der Waals surface area contributed by atoms with Gasteiger partial charge in [0.05, 0.1) is 10.5 Å². The molecular formula is C15H21NO4S. The van der Waals surface area contributed by atoms with Crippen molar-refractivity contribution in [3.63, 3.8) is 0 Å². The minimum Gasteiger partial charge on any atom is -0.478 e.